The molecule has 0 atom stereocenters. The normalized spacial score (nSPS) is 11.2. The van der Waals surface area contributed by atoms with Crippen LogP contribution in [0, 0.1) is 0 Å². The molecule has 10 rings (SSSR count). The Morgan fingerprint density at radius 3 is 1.25 bits per heavy atom. The summed E-state index contributed by atoms with van der Waals surface area (Å²) in [6.07, 6.45) is 0. The fraction of sp³-hybridized carbons (Fsp3) is 0. The second-order valence-electron chi connectivity index (χ2n) is 14.0. The van der Waals surface area contributed by atoms with E-state index in [9.17, 15) is 0 Å². The first-order valence-corrected chi connectivity index (χ1v) is 18.9. The van der Waals surface area contributed by atoms with Crippen LogP contribution in [0.5, 0.6) is 0 Å². The molecular weight excluding hydrogens is 679 g/mol. The lowest BCUT2D eigenvalue weighted by atomic mass is 9.92. The van der Waals surface area contributed by atoms with Crippen molar-refractivity contribution in [2.24, 2.45) is 0 Å². The van der Waals surface area contributed by atoms with Crippen LogP contribution in [0.25, 0.3) is 100 Å². The summed E-state index contributed by atoms with van der Waals surface area (Å²) in [5.41, 5.74) is 15.0. The number of benzene rings is 8. The summed E-state index contributed by atoms with van der Waals surface area (Å²) in [5.74, 6) is 0.717. The molecule has 0 saturated heterocycles. The third-order valence-corrected chi connectivity index (χ3v) is 10.5. The van der Waals surface area contributed by atoms with Crippen molar-refractivity contribution in [1.82, 2.24) is 15.0 Å². The predicted octanol–water partition coefficient (Wildman–Crippen LogP) is 13.8. The van der Waals surface area contributed by atoms with E-state index in [-0.39, 0.29) is 0 Å². The van der Waals surface area contributed by atoms with Crippen LogP contribution in [0.3, 0.4) is 0 Å². The average molecular weight is 714 g/mol. The van der Waals surface area contributed by atoms with Gasteiger partial charge in [0.15, 0.2) is 5.82 Å². The van der Waals surface area contributed by atoms with Crippen molar-refractivity contribution in [3.63, 3.8) is 0 Å². The van der Waals surface area contributed by atoms with Gasteiger partial charge in [0.1, 0.15) is 0 Å². The van der Waals surface area contributed by atoms with E-state index in [1.807, 2.05) is 42.5 Å². The van der Waals surface area contributed by atoms with Gasteiger partial charge in [0.25, 0.3) is 0 Å². The first-order valence-electron chi connectivity index (χ1n) is 18.9. The molecule has 0 aliphatic rings. The van der Waals surface area contributed by atoms with Gasteiger partial charge in [-0.3, -0.25) is 0 Å². The summed E-state index contributed by atoms with van der Waals surface area (Å²) >= 11 is 0. The van der Waals surface area contributed by atoms with Crippen LogP contribution in [0.1, 0.15) is 0 Å². The van der Waals surface area contributed by atoms with Crippen molar-refractivity contribution in [2.75, 3.05) is 0 Å². The maximum atomic E-state index is 5.15. The van der Waals surface area contributed by atoms with E-state index in [1.165, 1.54) is 38.4 Å². The maximum absolute atomic E-state index is 5.15. The van der Waals surface area contributed by atoms with Gasteiger partial charge in [-0.2, -0.15) is 0 Å². The summed E-state index contributed by atoms with van der Waals surface area (Å²) in [6, 6.07) is 74.6. The minimum Gasteiger partial charge on any atom is -0.248 e. The van der Waals surface area contributed by atoms with Gasteiger partial charge in [0, 0.05) is 27.6 Å². The highest BCUT2D eigenvalue weighted by molar-refractivity contribution is 6.14. The Hall–Kier alpha value is -7.49. The Balaban J connectivity index is 0.963. The van der Waals surface area contributed by atoms with Gasteiger partial charge in [-0.05, 0) is 68.4 Å². The standard InChI is InChI=1S/C53H35N3/c1-5-13-39(14-6-1)47-34-49(40-15-7-2-8-16-40)54-48-32-30-45-33-44(29-31-46(45)52(47)48)38-23-21-36(22-24-38)37-25-27-42(28-26-37)51-35-50(41-17-9-3-10-18-41)55-53(56-51)43-19-11-4-12-20-43/h1-35H. The van der Waals surface area contributed by atoms with Crippen LogP contribution in [0.2, 0.25) is 0 Å². The second kappa shape index (κ2) is 14.4. The molecule has 8 aromatic carbocycles. The lowest BCUT2D eigenvalue weighted by molar-refractivity contribution is 1.18. The Morgan fingerprint density at radius 2 is 0.696 bits per heavy atom. The molecular formula is C53H35N3. The summed E-state index contributed by atoms with van der Waals surface area (Å²) in [6.45, 7) is 0. The Kier molecular flexibility index (Phi) is 8.51. The number of hydrogen-bond donors (Lipinski definition) is 0. The smallest absolute Gasteiger partial charge is 0.160 e. The van der Waals surface area contributed by atoms with Crippen molar-refractivity contribution < 1.29 is 0 Å². The molecule has 56 heavy (non-hydrogen) atoms. The summed E-state index contributed by atoms with van der Waals surface area (Å²) in [7, 11) is 0. The zero-order valence-electron chi connectivity index (χ0n) is 30.5. The first-order chi connectivity index (χ1) is 27.7. The van der Waals surface area contributed by atoms with Crippen LogP contribution < -0.4 is 0 Å². The van der Waals surface area contributed by atoms with E-state index >= 15 is 0 Å². The molecule has 3 heteroatoms. The third-order valence-electron chi connectivity index (χ3n) is 10.5. The van der Waals surface area contributed by atoms with E-state index in [4.69, 9.17) is 15.0 Å². The number of rotatable bonds is 7. The van der Waals surface area contributed by atoms with E-state index in [2.05, 4.69) is 170 Å². The van der Waals surface area contributed by atoms with Crippen molar-refractivity contribution in [3.05, 3.63) is 212 Å². The monoisotopic (exact) mass is 713 g/mol. The van der Waals surface area contributed by atoms with E-state index < -0.39 is 0 Å². The highest BCUT2D eigenvalue weighted by Gasteiger charge is 2.14. The lowest BCUT2D eigenvalue weighted by Gasteiger charge is -2.14. The third kappa shape index (κ3) is 6.42. The topological polar surface area (TPSA) is 38.7 Å². The van der Waals surface area contributed by atoms with Gasteiger partial charge in [-0.1, -0.05) is 188 Å². The fourth-order valence-corrected chi connectivity index (χ4v) is 7.60. The zero-order chi connectivity index (χ0) is 37.3. The maximum Gasteiger partial charge on any atom is 0.160 e. The van der Waals surface area contributed by atoms with Crippen molar-refractivity contribution in [3.8, 4) is 78.5 Å². The Morgan fingerprint density at radius 1 is 0.268 bits per heavy atom. The SMILES string of the molecule is c1ccc(-c2cc(-c3ccc(-c4ccc(-c5ccc6c(ccc7nc(-c8ccccc8)cc(-c8ccccc8)c76)c5)cc4)cc3)nc(-c3ccccc3)n2)cc1. The summed E-state index contributed by atoms with van der Waals surface area (Å²) in [5, 5.41) is 3.56. The molecule has 0 radical (unpaired) electrons. The van der Waals surface area contributed by atoms with Crippen molar-refractivity contribution in [2.45, 2.75) is 0 Å². The van der Waals surface area contributed by atoms with E-state index in [1.54, 1.807) is 0 Å². The van der Waals surface area contributed by atoms with Gasteiger partial charge in [0.2, 0.25) is 0 Å². The van der Waals surface area contributed by atoms with Crippen LogP contribution in [0.4, 0.5) is 0 Å². The molecule has 0 spiro atoms. The van der Waals surface area contributed by atoms with E-state index in [0.717, 1.165) is 56.0 Å². The summed E-state index contributed by atoms with van der Waals surface area (Å²) < 4.78 is 0. The number of nitrogens with zero attached hydrogens (tertiary/aromatic N) is 3. The van der Waals surface area contributed by atoms with Crippen LogP contribution >= 0.6 is 0 Å². The molecule has 262 valence electrons. The highest BCUT2D eigenvalue weighted by atomic mass is 14.9. The number of pyridine rings is 1. The highest BCUT2D eigenvalue weighted by Crippen LogP contribution is 2.38. The first kappa shape index (κ1) is 33.1. The lowest BCUT2D eigenvalue weighted by Crippen LogP contribution is -1.95. The van der Waals surface area contributed by atoms with Crippen LogP contribution in [-0.2, 0) is 0 Å². The molecule has 2 aromatic heterocycles. The fourth-order valence-electron chi connectivity index (χ4n) is 7.60. The molecule has 0 unspecified atom stereocenters. The molecule has 10 aromatic rings. The molecule has 0 aliphatic heterocycles. The molecule has 3 nitrogen and oxygen atoms in total. The second-order valence-corrected chi connectivity index (χ2v) is 14.0. The number of aromatic nitrogens is 3. The molecule has 0 bridgehead atoms. The molecule has 0 fully saturated rings. The Bertz CT molecular complexity index is 2900. The van der Waals surface area contributed by atoms with Crippen molar-refractivity contribution in [1.29, 1.82) is 0 Å². The molecule has 0 saturated carbocycles. The predicted molar refractivity (Wildman–Crippen MR) is 233 cm³/mol. The quantitative estimate of drug-likeness (QED) is 0.154. The minimum absolute atomic E-state index is 0.717. The minimum atomic E-state index is 0.717. The average Bonchev–Trinajstić information content (AvgIpc) is 3.29. The number of fused-ring (bicyclic) bond motifs is 3. The van der Waals surface area contributed by atoms with Gasteiger partial charge >= 0.3 is 0 Å². The van der Waals surface area contributed by atoms with Crippen molar-refractivity contribution >= 4 is 21.7 Å². The Labute approximate surface area is 326 Å². The summed E-state index contributed by atoms with van der Waals surface area (Å²) in [4.78, 5) is 15.1. The van der Waals surface area contributed by atoms with Crippen LogP contribution in [-0.4, -0.2) is 15.0 Å². The largest absolute Gasteiger partial charge is 0.248 e. The van der Waals surface area contributed by atoms with Gasteiger partial charge in [-0.15, -0.1) is 0 Å². The van der Waals surface area contributed by atoms with Gasteiger partial charge in [-0.25, -0.2) is 15.0 Å². The molecule has 0 aliphatic carbocycles. The van der Waals surface area contributed by atoms with Gasteiger partial charge < -0.3 is 0 Å². The number of hydrogen-bond acceptors (Lipinski definition) is 3. The molecule has 2 heterocycles. The molecule has 0 N–H and O–H groups in total. The zero-order valence-corrected chi connectivity index (χ0v) is 30.5. The van der Waals surface area contributed by atoms with Gasteiger partial charge in [0.05, 0.1) is 22.6 Å². The molecule has 0 amide bonds. The van der Waals surface area contributed by atoms with E-state index in [0.29, 0.717) is 5.82 Å². The van der Waals surface area contributed by atoms with Crippen LogP contribution in [0.15, 0.2) is 212 Å².